The first-order valence-electron chi connectivity index (χ1n) is 8.24. The van der Waals surface area contributed by atoms with Gasteiger partial charge in [-0.3, -0.25) is 4.79 Å². The highest BCUT2D eigenvalue weighted by Crippen LogP contribution is 2.32. The minimum atomic E-state index is -0.308. The number of hydrogen-bond acceptors (Lipinski definition) is 4. The molecule has 2 heterocycles. The smallest absolute Gasteiger partial charge is 0.276 e. The van der Waals surface area contributed by atoms with Gasteiger partial charge in [-0.1, -0.05) is 30.1 Å². The molecule has 1 aromatic carbocycles. The number of hydrogen-bond donors (Lipinski definition) is 1. The molecule has 1 unspecified atom stereocenters. The van der Waals surface area contributed by atoms with E-state index in [1.54, 1.807) is 17.9 Å². The topological polar surface area (TPSA) is 66.6 Å². The number of aliphatic hydroxyl groups is 1. The van der Waals surface area contributed by atoms with E-state index in [0.717, 1.165) is 31.2 Å². The van der Waals surface area contributed by atoms with Crippen LogP contribution in [0.25, 0.3) is 0 Å². The summed E-state index contributed by atoms with van der Waals surface area (Å²) < 4.78 is 18.7. The van der Waals surface area contributed by atoms with Gasteiger partial charge >= 0.3 is 0 Å². The van der Waals surface area contributed by atoms with E-state index in [2.05, 4.69) is 5.16 Å². The molecule has 2 aromatic rings. The second-order valence-corrected chi connectivity index (χ2v) is 6.14. The van der Waals surface area contributed by atoms with Crippen LogP contribution in [-0.2, 0) is 6.61 Å². The number of rotatable bonds is 3. The van der Waals surface area contributed by atoms with Crippen molar-refractivity contribution in [1.29, 1.82) is 0 Å². The van der Waals surface area contributed by atoms with Crippen molar-refractivity contribution in [3.63, 3.8) is 0 Å². The number of benzene rings is 1. The van der Waals surface area contributed by atoms with E-state index in [9.17, 15) is 14.3 Å². The molecule has 0 bridgehead atoms. The Balaban J connectivity index is 1.96. The zero-order valence-corrected chi connectivity index (χ0v) is 13.7. The summed E-state index contributed by atoms with van der Waals surface area (Å²) in [5, 5.41) is 13.3. The zero-order valence-electron chi connectivity index (χ0n) is 13.7. The highest BCUT2D eigenvalue weighted by Gasteiger charge is 2.31. The Labute approximate surface area is 140 Å². The fraction of sp³-hybridized carbons (Fsp3) is 0.444. The Bertz CT molecular complexity index is 729. The molecule has 1 fully saturated rings. The fourth-order valence-corrected chi connectivity index (χ4v) is 3.29. The SMILES string of the molecule is Cc1onc(C(=O)N2CCCCCC2c2cccc(F)c2)c1CO. The third kappa shape index (κ3) is 3.19. The van der Waals surface area contributed by atoms with E-state index >= 15 is 0 Å². The van der Waals surface area contributed by atoms with Gasteiger partial charge in [0.15, 0.2) is 5.69 Å². The van der Waals surface area contributed by atoms with Gasteiger partial charge in [-0.15, -0.1) is 0 Å². The Kier molecular flexibility index (Phi) is 4.94. The lowest BCUT2D eigenvalue weighted by Crippen LogP contribution is -2.35. The van der Waals surface area contributed by atoms with Crippen molar-refractivity contribution in [3.05, 3.63) is 52.7 Å². The van der Waals surface area contributed by atoms with Crippen molar-refractivity contribution in [2.45, 2.75) is 45.3 Å². The molecule has 1 aliphatic heterocycles. The van der Waals surface area contributed by atoms with Gasteiger partial charge in [0.25, 0.3) is 5.91 Å². The zero-order chi connectivity index (χ0) is 17.1. The molecule has 0 aliphatic carbocycles. The number of aryl methyl sites for hydroxylation is 1. The number of aromatic nitrogens is 1. The van der Waals surface area contributed by atoms with Crippen molar-refractivity contribution < 1.29 is 18.8 Å². The summed E-state index contributed by atoms with van der Waals surface area (Å²) in [4.78, 5) is 14.7. The third-order valence-corrected chi connectivity index (χ3v) is 4.59. The van der Waals surface area contributed by atoms with Crippen LogP contribution < -0.4 is 0 Å². The lowest BCUT2D eigenvalue weighted by Gasteiger charge is -2.30. The van der Waals surface area contributed by atoms with Gasteiger partial charge in [0, 0.05) is 6.54 Å². The maximum absolute atomic E-state index is 13.6. The predicted octanol–water partition coefficient (Wildman–Crippen LogP) is 3.37. The minimum Gasteiger partial charge on any atom is -0.391 e. The Morgan fingerprint density at radius 1 is 1.42 bits per heavy atom. The molecule has 1 N–H and O–H groups in total. The van der Waals surface area contributed by atoms with Crippen molar-refractivity contribution in [2.75, 3.05) is 6.54 Å². The monoisotopic (exact) mass is 332 g/mol. The molecule has 6 heteroatoms. The van der Waals surface area contributed by atoms with Crippen LogP contribution in [-0.4, -0.2) is 27.6 Å². The number of carbonyl (C=O) groups excluding carboxylic acids is 1. The Morgan fingerprint density at radius 3 is 3.00 bits per heavy atom. The standard InChI is InChI=1S/C18H21FN2O3/c1-12-15(11-22)17(20-24-12)18(23)21-9-4-2-3-8-16(21)13-6-5-7-14(19)10-13/h5-7,10,16,22H,2-4,8-9,11H2,1H3. The third-order valence-electron chi connectivity index (χ3n) is 4.59. The number of likely N-dealkylation sites (tertiary alicyclic amines) is 1. The number of nitrogens with zero attached hydrogens (tertiary/aromatic N) is 2. The quantitative estimate of drug-likeness (QED) is 0.936. The van der Waals surface area contributed by atoms with Crippen molar-refractivity contribution in [3.8, 4) is 0 Å². The van der Waals surface area contributed by atoms with E-state index in [1.165, 1.54) is 12.1 Å². The average molecular weight is 332 g/mol. The lowest BCUT2D eigenvalue weighted by atomic mass is 10.00. The highest BCUT2D eigenvalue weighted by atomic mass is 19.1. The first-order chi connectivity index (χ1) is 11.6. The molecule has 5 nitrogen and oxygen atoms in total. The summed E-state index contributed by atoms with van der Waals surface area (Å²) in [5.74, 6) is -0.137. The number of aliphatic hydroxyl groups excluding tert-OH is 1. The van der Waals surface area contributed by atoms with Gasteiger partial charge in [0.05, 0.1) is 18.2 Å². The molecule has 1 saturated heterocycles. The molecule has 1 aliphatic rings. The molecule has 1 aromatic heterocycles. The van der Waals surface area contributed by atoms with Gasteiger partial charge in [-0.2, -0.15) is 0 Å². The molecule has 0 saturated carbocycles. The van der Waals surface area contributed by atoms with Gasteiger partial charge < -0.3 is 14.5 Å². The summed E-state index contributed by atoms with van der Waals surface area (Å²) in [6.07, 6.45) is 3.68. The van der Waals surface area contributed by atoms with E-state index in [1.807, 2.05) is 6.07 Å². The average Bonchev–Trinajstić information content (AvgIpc) is 2.80. The summed E-state index contributed by atoms with van der Waals surface area (Å²) in [5.41, 5.74) is 1.36. The van der Waals surface area contributed by atoms with Crippen LogP contribution in [0.4, 0.5) is 4.39 Å². The highest BCUT2D eigenvalue weighted by molar-refractivity contribution is 5.94. The fourth-order valence-electron chi connectivity index (χ4n) is 3.29. The van der Waals surface area contributed by atoms with E-state index in [4.69, 9.17) is 4.52 Å². The van der Waals surface area contributed by atoms with Crippen LogP contribution in [0.1, 0.15) is 59.1 Å². The van der Waals surface area contributed by atoms with E-state index in [0.29, 0.717) is 17.9 Å². The maximum atomic E-state index is 13.6. The molecular formula is C18H21FN2O3. The van der Waals surface area contributed by atoms with Gasteiger partial charge in [-0.05, 0) is 37.5 Å². The van der Waals surface area contributed by atoms with Crippen LogP contribution >= 0.6 is 0 Å². The van der Waals surface area contributed by atoms with Gasteiger partial charge in [0.1, 0.15) is 11.6 Å². The predicted molar refractivity (Wildman–Crippen MR) is 85.8 cm³/mol. The largest absolute Gasteiger partial charge is 0.391 e. The van der Waals surface area contributed by atoms with Gasteiger partial charge in [-0.25, -0.2) is 4.39 Å². The Morgan fingerprint density at radius 2 is 2.25 bits per heavy atom. The normalized spacial score (nSPS) is 18.5. The molecule has 1 atom stereocenters. The summed E-state index contributed by atoms with van der Waals surface area (Å²) >= 11 is 0. The molecule has 3 rings (SSSR count). The van der Waals surface area contributed by atoms with Crippen molar-refractivity contribution in [2.24, 2.45) is 0 Å². The van der Waals surface area contributed by atoms with Crippen LogP contribution in [0.3, 0.4) is 0 Å². The van der Waals surface area contributed by atoms with Crippen molar-refractivity contribution >= 4 is 5.91 Å². The Hall–Kier alpha value is -2.21. The maximum Gasteiger partial charge on any atom is 0.276 e. The van der Waals surface area contributed by atoms with Crippen molar-refractivity contribution in [1.82, 2.24) is 10.1 Å². The van der Waals surface area contributed by atoms with Crippen LogP contribution in [0.5, 0.6) is 0 Å². The van der Waals surface area contributed by atoms with Crippen LogP contribution in [0, 0.1) is 12.7 Å². The molecule has 24 heavy (non-hydrogen) atoms. The minimum absolute atomic E-state index is 0.151. The summed E-state index contributed by atoms with van der Waals surface area (Å²) in [6, 6.07) is 6.20. The molecule has 0 radical (unpaired) electrons. The van der Waals surface area contributed by atoms with E-state index < -0.39 is 0 Å². The van der Waals surface area contributed by atoms with Crippen LogP contribution in [0.15, 0.2) is 28.8 Å². The lowest BCUT2D eigenvalue weighted by molar-refractivity contribution is 0.0667. The molecular weight excluding hydrogens is 311 g/mol. The second-order valence-electron chi connectivity index (χ2n) is 6.14. The first-order valence-corrected chi connectivity index (χ1v) is 8.24. The molecule has 0 spiro atoms. The summed E-state index contributed by atoms with van der Waals surface area (Å²) in [6.45, 7) is 1.95. The summed E-state index contributed by atoms with van der Waals surface area (Å²) in [7, 11) is 0. The molecule has 1 amide bonds. The number of halogens is 1. The molecule has 128 valence electrons. The number of amides is 1. The van der Waals surface area contributed by atoms with Gasteiger partial charge in [0.2, 0.25) is 0 Å². The van der Waals surface area contributed by atoms with Crippen LogP contribution in [0.2, 0.25) is 0 Å². The second kappa shape index (κ2) is 7.13. The number of carbonyl (C=O) groups is 1. The first kappa shape index (κ1) is 16.6. The van der Waals surface area contributed by atoms with E-state index in [-0.39, 0.29) is 30.1 Å².